The van der Waals surface area contributed by atoms with Gasteiger partial charge in [-0.25, -0.2) is 9.59 Å². The number of fused-ring (bicyclic) bond motifs is 4. The first kappa shape index (κ1) is 26.0. The lowest BCUT2D eigenvalue weighted by Gasteiger charge is -2.44. The molecule has 0 aromatic heterocycles. The zero-order valence-corrected chi connectivity index (χ0v) is 21.0. The van der Waals surface area contributed by atoms with Crippen molar-refractivity contribution in [3.8, 4) is 11.5 Å². The summed E-state index contributed by atoms with van der Waals surface area (Å²) in [5, 5.41) is 22.4. The Labute approximate surface area is 209 Å². The summed E-state index contributed by atoms with van der Waals surface area (Å²) in [7, 11) is 1.99. The molecular formula is C26H33NO9. The van der Waals surface area contributed by atoms with E-state index in [0.717, 1.165) is 31.0 Å². The Balaban J connectivity index is 1.58. The van der Waals surface area contributed by atoms with Crippen LogP contribution in [0.4, 0.5) is 0 Å². The van der Waals surface area contributed by atoms with Crippen molar-refractivity contribution in [1.29, 1.82) is 0 Å². The first-order chi connectivity index (χ1) is 17.0. The lowest BCUT2D eigenvalue weighted by Crippen LogP contribution is -2.56. The van der Waals surface area contributed by atoms with Gasteiger partial charge in [0.2, 0.25) is 0 Å². The van der Waals surface area contributed by atoms with Crippen LogP contribution in [0.1, 0.15) is 51.2 Å². The molecule has 2 N–H and O–H groups in total. The summed E-state index contributed by atoms with van der Waals surface area (Å²) < 4.78 is 21.7. The number of ether oxygens (including phenoxy) is 4. The van der Waals surface area contributed by atoms with E-state index < -0.39 is 41.8 Å². The molecule has 1 aromatic rings. The number of aromatic hydroxyl groups is 1. The van der Waals surface area contributed by atoms with Crippen LogP contribution < -0.4 is 4.74 Å². The summed E-state index contributed by atoms with van der Waals surface area (Å²) in [6.07, 6.45) is 0.863. The van der Waals surface area contributed by atoms with Crippen molar-refractivity contribution in [1.82, 2.24) is 4.90 Å². The van der Waals surface area contributed by atoms with E-state index in [9.17, 15) is 24.6 Å². The van der Waals surface area contributed by atoms with Crippen LogP contribution in [0.3, 0.4) is 0 Å². The molecular weight excluding hydrogens is 470 g/mol. The number of hydrogen-bond donors (Lipinski definition) is 2. The number of likely N-dealkylation sites (N-methyl/N-ethyl adjacent to an activating group) is 1. The lowest BCUT2D eigenvalue weighted by molar-refractivity contribution is -0.175. The number of phenols is 1. The van der Waals surface area contributed by atoms with Gasteiger partial charge in [0.1, 0.15) is 5.76 Å². The molecule has 0 unspecified atom stereocenters. The molecule has 10 nitrogen and oxygen atoms in total. The maximum Gasteiger partial charge on any atom is 0.352 e. The summed E-state index contributed by atoms with van der Waals surface area (Å²) in [6.45, 7) is 4.64. The molecule has 196 valence electrons. The Hall–Kier alpha value is -3.11. The molecule has 0 fully saturated rings. The molecule has 0 saturated heterocycles. The van der Waals surface area contributed by atoms with E-state index >= 15 is 0 Å². The van der Waals surface area contributed by atoms with Crippen molar-refractivity contribution in [3.05, 3.63) is 35.1 Å². The largest absolute Gasteiger partial charge is 0.504 e. The molecule has 1 aromatic carbocycles. The minimum atomic E-state index is -1.28. The number of benzene rings is 1. The zero-order chi connectivity index (χ0) is 26.2. The Bertz CT molecular complexity index is 1080. The van der Waals surface area contributed by atoms with Crippen LogP contribution in [0.5, 0.6) is 11.5 Å². The monoisotopic (exact) mass is 503 g/mol. The molecule has 5 atom stereocenters. The summed E-state index contributed by atoms with van der Waals surface area (Å²) in [5.74, 6) is -1.86. The van der Waals surface area contributed by atoms with Crippen LogP contribution >= 0.6 is 0 Å². The van der Waals surface area contributed by atoms with Crippen molar-refractivity contribution in [2.75, 3.05) is 13.6 Å². The fraction of sp³-hybridized carbons (Fsp3) is 0.577. The minimum Gasteiger partial charge on any atom is -0.504 e. The molecule has 0 saturated carbocycles. The fourth-order valence-electron chi connectivity index (χ4n) is 5.23. The summed E-state index contributed by atoms with van der Waals surface area (Å²) >= 11 is 0. The highest BCUT2D eigenvalue weighted by atomic mass is 16.6. The number of rotatable bonds is 5. The molecule has 10 heteroatoms. The first-order valence-electron chi connectivity index (χ1n) is 12.2. The number of carbonyl (C=O) groups is 3. The summed E-state index contributed by atoms with van der Waals surface area (Å²) in [6, 6.07) is 3.27. The highest BCUT2D eigenvalue weighted by Crippen LogP contribution is 2.44. The quantitative estimate of drug-likeness (QED) is 0.453. The van der Waals surface area contributed by atoms with Gasteiger partial charge in [-0.15, -0.1) is 0 Å². The van der Waals surface area contributed by atoms with Gasteiger partial charge in [-0.1, -0.05) is 6.07 Å². The van der Waals surface area contributed by atoms with E-state index in [0.29, 0.717) is 18.6 Å². The standard InChI is InChI=1S/C26H33NO9/c1-14(33-16(3)28)24(30)34-15(2)25(31)36-20-9-10-26(32)13-21(20)35-23-18-6-5-11-27(4)22(26)12-17(18)7-8-19(23)29/h7-9,14-15,21-22,29,32H,5-6,10-13H2,1-4H3/t14-,15-,21+,22+,26-/m0/s1. The second kappa shape index (κ2) is 10.1. The van der Waals surface area contributed by atoms with Crippen LogP contribution in [-0.4, -0.2) is 76.6 Å². The van der Waals surface area contributed by atoms with Crippen molar-refractivity contribution in [2.24, 2.45) is 0 Å². The Morgan fingerprint density at radius 1 is 1.17 bits per heavy atom. The van der Waals surface area contributed by atoms with Gasteiger partial charge in [0.15, 0.2) is 29.8 Å². The third-order valence-electron chi connectivity index (χ3n) is 7.13. The predicted molar refractivity (Wildman–Crippen MR) is 126 cm³/mol. The van der Waals surface area contributed by atoms with E-state index in [1.54, 1.807) is 12.1 Å². The van der Waals surface area contributed by atoms with Crippen LogP contribution in [0.15, 0.2) is 24.0 Å². The van der Waals surface area contributed by atoms with Crippen molar-refractivity contribution in [3.63, 3.8) is 0 Å². The molecule has 36 heavy (non-hydrogen) atoms. The van der Waals surface area contributed by atoms with Gasteiger partial charge in [-0.3, -0.25) is 4.79 Å². The van der Waals surface area contributed by atoms with Crippen LogP contribution in [0.2, 0.25) is 0 Å². The second-order valence-electron chi connectivity index (χ2n) is 9.83. The molecule has 1 aliphatic carbocycles. The van der Waals surface area contributed by atoms with E-state index in [2.05, 4.69) is 4.90 Å². The Kier molecular flexibility index (Phi) is 7.28. The van der Waals surface area contributed by atoms with E-state index in [4.69, 9.17) is 18.9 Å². The summed E-state index contributed by atoms with van der Waals surface area (Å²) in [5.41, 5.74) is 0.766. The SMILES string of the molecule is CC(=O)O[C@@H](C)C(=O)O[C@@H](C)C(=O)OC1=CC[C@]2(O)C[C@H]1Oc1c(O)ccc3c1CCCN(C)[C@@H]2C3. The molecule has 4 rings (SSSR count). The van der Waals surface area contributed by atoms with Gasteiger partial charge in [0, 0.05) is 24.9 Å². The maximum absolute atomic E-state index is 12.8. The molecule has 6 bridgehead atoms. The minimum absolute atomic E-state index is 0.0114. The maximum atomic E-state index is 12.8. The first-order valence-corrected chi connectivity index (χ1v) is 12.2. The van der Waals surface area contributed by atoms with Crippen molar-refractivity contribution >= 4 is 17.9 Å². The summed E-state index contributed by atoms with van der Waals surface area (Å²) in [4.78, 5) is 38.1. The normalized spacial score (nSPS) is 27.0. The van der Waals surface area contributed by atoms with E-state index in [-0.39, 0.29) is 30.4 Å². The van der Waals surface area contributed by atoms with Crippen LogP contribution in [0, 0.1) is 0 Å². The topological polar surface area (TPSA) is 132 Å². The number of nitrogens with zero attached hydrogens (tertiary/aromatic N) is 1. The third-order valence-corrected chi connectivity index (χ3v) is 7.13. The lowest BCUT2D eigenvalue weighted by atomic mass is 9.77. The Morgan fingerprint density at radius 2 is 1.89 bits per heavy atom. The number of aliphatic hydroxyl groups is 1. The molecule has 0 radical (unpaired) electrons. The van der Waals surface area contributed by atoms with Crippen molar-refractivity contribution in [2.45, 2.75) is 82.8 Å². The highest BCUT2D eigenvalue weighted by Gasteiger charge is 2.47. The van der Waals surface area contributed by atoms with E-state index in [1.165, 1.54) is 13.8 Å². The number of carbonyl (C=O) groups excluding carboxylic acids is 3. The van der Waals surface area contributed by atoms with Gasteiger partial charge in [-0.2, -0.15) is 0 Å². The number of phenolic OH excluding ortho intramolecular Hbond substituents is 1. The molecule has 0 amide bonds. The zero-order valence-electron chi connectivity index (χ0n) is 21.0. The van der Waals surface area contributed by atoms with Crippen LogP contribution in [-0.2, 0) is 41.4 Å². The average molecular weight is 504 g/mol. The van der Waals surface area contributed by atoms with E-state index in [1.807, 2.05) is 13.1 Å². The number of esters is 3. The fourth-order valence-corrected chi connectivity index (χ4v) is 5.23. The van der Waals surface area contributed by atoms with Gasteiger partial charge in [0.25, 0.3) is 0 Å². The van der Waals surface area contributed by atoms with Gasteiger partial charge >= 0.3 is 17.9 Å². The van der Waals surface area contributed by atoms with Crippen LogP contribution in [0.25, 0.3) is 0 Å². The smallest absolute Gasteiger partial charge is 0.352 e. The van der Waals surface area contributed by atoms with Gasteiger partial charge in [-0.05, 0) is 70.8 Å². The predicted octanol–water partition coefficient (Wildman–Crippen LogP) is 1.78. The average Bonchev–Trinajstić information content (AvgIpc) is 2.80. The van der Waals surface area contributed by atoms with Gasteiger partial charge < -0.3 is 34.1 Å². The number of hydrogen-bond acceptors (Lipinski definition) is 10. The molecule has 2 heterocycles. The highest BCUT2D eigenvalue weighted by molar-refractivity contribution is 5.82. The van der Waals surface area contributed by atoms with Gasteiger partial charge in [0.05, 0.1) is 5.60 Å². The Morgan fingerprint density at radius 3 is 2.61 bits per heavy atom. The van der Waals surface area contributed by atoms with Crippen molar-refractivity contribution < 1.29 is 43.5 Å². The molecule has 2 aliphatic heterocycles. The third kappa shape index (κ3) is 5.19. The molecule has 3 aliphatic rings. The second-order valence-corrected chi connectivity index (χ2v) is 9.83. The molecule has 0 spiro atoms.